The fraction of sp³-hybridized carbons (Fsp3) is 0.600. The number of hydrogen-bond acceptors (Lipinski definition) is 16. The van der Waals surface area contributed by atoms with Gasteiger partial charge in [0.2, 0.25) is 17.4 Å². The molecule has 1 saturated carbocycles. The number of hydroxylamine groups is 1. The number of hydrogen-bond donors (Lipinski definition) is 7. The average Bonchev–Trinajstić information content (AvgIpc) is 4.23. The van der Waals surface area contributed by atoms with E-state index in [2.05, 4.69) is 68.8 Å². The van der Waals surface area contributed by atoms with Gasteiger partial charge in [-0.05, 0) is 79.2 Å². The molecule has 9 rings (SSSR count). The molecule has 1 aromatic heterocycles. The van der Waals surface area contributed by atoms with Crippen LogP contribution < -0.4 is 25.8 Å². The monoisotopic (exact) mass is 1110 g/mol. The Hall–Kier alpha value is -6.32. The van der Waals surface area contributed by atoms with Crippen molar-refractivity contribution in [3.8, 4) is 5.75 Å². The maximum atomic E-state index is 15.2. The molecule has 6 aliphatic rings. The normalized spacial score (nSPS) is 29.3. The Morgan fingerprint density at radius 3 is 2.24 bits per heavy atom. The minimum atomic E-state index is -2.27. The number of H-pyrrole nitrogens is 1. The second-order valence-electron chi connectivity index (χ2n) is 24.3. The number of para-hydroxylation sites is 1. The number of methoxy groups -OCH3 is 3. The van der Waals surface area contributed by atoms with Crippen molar-refractivity contribution in [3.63, 3.8) is 0 Å². The largest absolute Gasteiger partial charge is 0.496 e. The van der Waals surface area contributed by atoms with E-state index in [1.165, 1.54) is 39.2 Å². The number of aliphatic hydroxyl groups excluding tert-OH is 1. The second kappa shape index (κ2) is 22.6. The van der Waals surface area contributed by atoms with Crippen LogP contribution in [-0.4, -0.2) is 163 Å². The van der Waals surface area contributed by atoms with Gasteiger partial charge in [-0.1, -0.05) is 90.5 Å². The van der Waals surface area contributed by atoms with Crippen LogP contribution >= 0.6 is 0 Å². The number of carbonyl (C=O) groups excluding carboxylic acids is 6. The molecule has 80 heavy (non-hydrogen) atoms. The Bertz CT molecular complexity index is 2970. The van der Waals surface area contributed by atoms with E-state index in [0.29, 0.717) is 50.2 Å². The summed E-state index contributed by atoms with van der Waals surface area (Å²) in [5.74, 6) is -4.39. The van der Waals surface area contributed by atoms with Crippen molar-refractivity contribution in [1.82, 2.24) is 30.9 Å². The number of aromatic amines is 1. The SMILES string of the molecule is CCC1=C[C@@H]2CN(C1)Cc1c([nH]c3ccccc13)[C@@](C(=O)OC)(c1cc3c(cc1OC)N(C)[C@H]1[C@@](O)(C(=O)OC)[C@H](OC(C)=O)[C@]4(CC)C=CCN5CC[C@]31[C@@H]54)C2.CNC(=O)[C@@H](NC(=O)[C@H](CC(C)C)[C@H](O)C(=O)NO)C(C)(C)C. The second-order valence-corrected chi connectivity index (χ2v) is 24.3. The summed E-state index contributed by atoms with van der Waals surface area (Å²) < 4.78 is 23.9. The number of likely N-dealkylation sites (N-methyl/N-ethyl adjacent to an activating group) is 2. The quantitative estimate of drug-likeness (QED) is 0.0384. The van der Waals surface area contributed by atoms with Crippen LogP contribution in [0.3, 0.4) is 0 Å². The number of benzene rings is 2. The predicted molar refractivity (Wildman–Crippen MR) is 298 cm³/mol. The number of esters is 3. The zero-order valence-corrected chi connectivity index (χ0v) is 48.7. The molecule has 1 spiro atoms. The van der Waals surface area contributed by atoms with Crippen LogP contribution in [0, 0.1) is 28.6 Å². The molecule has 0 radical (unpaired) electrons. The summed E-state index contributed by atoms with van der Waals surface area (Å²) >= 11 is 0. The topological polar surface area (TPSA) is 262 Å². The van der Waals surface area contributed by atoms with E-state index in [9.17, 15) is 34.2 Å². The summed E-state index contributed by atoms with van der Waals surface area (Å²) in [5.41, 5.74) is 1.84. The van der Waals surface area contributed by atoms with Crippen LogP contribution in [-0.2, 0) is 60.4 Å². The molecule has 2 bridgehead atoms. The highest BCUT2D eigenvalue weighted by atomic mass is 16.6. The third-order valence-electron chi connectivity index (χ3n) is 18.2. The van der Waals surface area contributed by atoms with Crippen molar-refractivity contribution in [2.75, 3.05) is 66.5 Å². The van der Waals surface area contributed by atoms with Gasteiger partial charge < -0.3 is 49.7 Å². The first kappa shape index (κ1) is 59.8. The number of nitrogens with zero attached hydrogens (tertiary/aromatic N) is 3. The highest BCUT2D eigenvalue weighted by molar-refractivity contribution is 5.95. The molecule has 6 heterocycles. The summed E-state index contributed by atoms with van der Waals surface area (Å²) in [6.07, 6.45) is 6.20. The van der Waals surface area contributed by atoms with E-state index in [0.717, 1.165) is 52.9 Å². The number of rotatable bonds is 14. The first-order valence-electron chi connectivity index (χ1n) is 27.9. The number of carbonyl (C=O) groups is 6. The minimum Gasteiger partial charge on any atom is -0.496 e. The molecule has 12 atom stereocenters. The first-order valence-corrected chi connectivity index (χ1v) is 27.9. The third kappa shape index (κ3) is 9.55. The molecule has 1 unspecified atom stereocenters. The van der Waals surface area contributed by atoms with Gasteiger partial charge in [-0.2, -0.15) is 0 Å². The number of fused-ring (bicyclic) bond motifs is 6. The summed E-state index contributed by atoms with van der Waals surface area (Å²) in [5, 5.41) is 38.1. The number of aromatic nitrogens is 1. The number of amides is 3. The van der Waals surface area contributed by atoms with Crippen molar-refractivity contribution >= 4 is 52.2 Å². The lowest BCUT2D eigenvalue weighted by atomic mass is 9.47. The molecule has 2 fully saturated rings. The lowest BCUT2D eigenvalue weighted by Crippen LogP contribution is -2.81. The summed E-state index contributed by atoms with van der Waals surface area (Å²) in [6, 6.07) is 10.3. The Labute approximate surface area is 468 Å². The fourth-order valence-electron chi connectivity index (χ4n) is 15.0. The van der Waals surface area contributed by atoms with Crippen LogP contribution in [0.15, 0.2) is 60.2 Å². The van der Waals surface area contributed by atoms with Crippen LogP contribution in [0.2, 0.25) is 0 Å². The lowest BCUT2D eigenvalue weighted by molar-refractivity contribution is -0.228. The predicted octanol–water partition coefficient (Wildman–Crippen LogP) is 4.55. The van der Waals surface area contributed by atoms with Gasteiger partial charge in [0.25, 0.3) is 5.91 Å². The van der Waals surface area contributed by atoms with Crippen molar-refractivity contribution in [1.29, 1.82) is 0 Å². The van der Waals surface area contributed by atoms with Crippen LogP contribution in [0.1, 0.15) is 110 Å². The number of aliphatic hydroxyl groups is 2. The van der Waals surface area contributed by atoms with Gasteiger partial charge in [-0.15, -0.1) is 0 Å². The molecule has 20 nitrogen and oxygen atoms in total. The average molecular weight is 1110 g/mol. The first-order chi connectivity index (χ1) is 37.8. The maximum Gasteiger partial charge on any atom is 0.344 e. The fourth-order valence-corrected chi connectivity index (χ4v) is 15.0. The van der Waals surface area contributed by atoms with Gasteiger partial charge in [0.05, 0.1) is 33.3 Å². The smallest absolute Gasteiger partial charge is 0.344 e. The summed E-state index contributed by atoms with van der Waals surface area (Å²) in [7, 11) is 7.69. The molecular formula is C60H83N7O13. The zero-order valence-electron chi connectivity index (χ0n) is 48.7. The molecule has 20 heteroatoms. The Balaban J connectivity index is 0.000000310. The number of ether oxygens (including phenoxy) is 4. The van der Waals surface area contributed by atoms with E-state index >= 15 is 4.79 Å². The molecular weight excluding hydrogens is 1030 g/mol. The minimum absolute atomic E-state index is 0.0278. The highest BCUT2D eigenvalue weighted by Crippen LogP contribution is 2.68. The Morgan fingerprint density at radius 2 is 1.64 bits per heavy atom. The van der Waals surface area contributed by atoms with E-state index in [4.69, 9.17) is 24.2 Å². The standard InChI is InChI=1S/C45H54N4O8.C15H29N3O5/c1-8-27-19-28-22-44(40(51)55-6,36-30(25-48(23-27)24-28)29-13-10-11-14-33(29)46-36)32-20-31-34(21-35(32)54-5)47(4)38-43(31)16-18-49-17-12-15-42(9-2,37(43)49)39(57-26(3)50)45(38,53)41(52)56-7;1-8(2)7-9(10(19)13(21)18-23)12(20)17-11(14(22)16-6)15(3,4)5/h10-15,19-21,28,37-39,46,53H,8-9,16-18,22-25H2,1-7H3;8-11,19,23H,7H2,1-6H3,(H,16,22)(H,17,20)(H,18,21)/t28-,37-,38+,39+,42+,43+,44-,45-;9-,10+,11-/m01/s1. The van der Waals surface area contributed by atoms with Gasteiger partial charge in [0.15, 0.2) is 6.10 Å². The van der Waals surface area contributed by atoms with E-state index < -0.39 is 81.2 Å². The molecule has 436 valence electrons. The van der Waals surface area contributed by atoms with Crippen molar-refractivity contribution < 1.29 is 63.1 Å². The lowest BCUT2D eigenvalue weighted by Gasteiger charge is -2.63. The maximum absolute atomic E-state index is 15.2. The van der Waals surface area contributed by atoms with Gasteiger partial charge in [-0.25, -0.2) is 10.3 Å². The third-order valence-corrected chi connectivity index (χ3v) is 18.2. The summed E-state index contributed by atoms with van der Waals surface area (Å²) in [6.45, 7) is 18.2. The van der Waals surface area contributed by atoms with Gasteiger partial charge in [0.1, 0.15) is 23.3 Å². The van der Waals surface area contributed by atoms with Gasteiger partial charge in [0, 0.05) is 98.0 Å². The van der Waals surface area contributed by atoms with Gasteiger partial charge in [-0.3, -0.25) is 39.0 Å². The molecule has 7 N–H and O–H groups in total. The Kier molecular flexibility index (Phi) is 16.9. The van der Waals surface area contributed by atoms with E-state index in [1.807, 2.05) is 50.9 Å². The van der Waals surface area contributed by atoms with Crippen molar-refractivity contribution in [2.24, 2.45) is 28.6 Å². The summed E-state index contributed by atoms with van der Waals surface area (Å²) in [4.78, 5) is 89.1. The number of nitrogens with one attached hydrogen (secondary N) is 4. The molecule has 1 saturated heterocycles. The molecule has 5 aliphatic heterocycles. The molecule has 3 amide bonds. The van der Waals surface area contributed by atoms with Crippen molar-refractivity contribution in [3.05, 3.63) is 82.6 Å². The van der Waals surface area contributed by atoms with Gasteiger partial charge >= 0.3 is 17.9 Å². The molecule has 2 aromatic carbocycles. The Morgan fingerprint density at radius 1 is 0.938 bits per heavy atom. The molecule has 3 aromatic rings. The van der Waals surface area contributed by atoms with Crippen LogP contribution in [0.25, 0.3) is 10.9 Å². The molecule has 1 aliphatic carbocycles. The number of anilines is 1. The zero-order chi connectivity index (χ0) is 58.6. The van der Waals surface area contributed by atoms with E-state index in [1.54, 1.807) is 27.9 Å². The van der Waals surface area contributed by atoms with E-state index in [-0.39, 0.29) is 36.2 Å². The van der Waals surface area contributed by atoms with Crippen LogP contribution in [0.5, 0.6) is 5.75 Å². The van der Waals surface area contributed by atoms with Crippen LogP contribution in [0.4, 0.5) is 5.69 Å². The highest BCUT2D eigenvalue weighted by Gasteiger charge is 2.80. The van der Waals surface area contributed by atoms with Crippen molar-refractivity contribution in [2.45, 2.75) is 141 Å².